The van der Waals surface area contributed by atoms with Crippen LogP contribution in [0.15, 0.2) is 42.9 Å². The summed E-state index contributed by atoms with van der Waals surface area (Å²) in [5.41, 5.74) is 3.09. The summed E-state index contributed by atoms with van der Waals surface area (Å²) >= 11 is 0. The molecule has 0 bridgehead atoms. The molecule has 0 aliphatic carbocycles. The molecular formula is C21H26N6O2. The van der Waals surface area contributed by atoms with Crippen LogP contribution in [0.3, 0.4) is 0 Å². The van der Waals surface area contributed by atoms with Crippen LogP contribution in [0.4, 0.5) is 10.5 Å². The van der Waals surface area contributed by atoms with Crippen molar-refractivity contribution in [2.24, 2.45) is 7.05 Å². The number of rotatable bonds is 3. The third kappa shape index (κ3) is 3.83. The molecule has 0 spiro atoms. The monoisotopic (exact) mass is 394 g/mol. The number of hydrogen-bond donors (Lipinski definition) is 2. The summed E-state index contributed by atoms with van der Waals surface area (Å²) in [5, 5.41) is 7.31. The summed E-state index contributed by atoms with van der Waals surface area (Å²) in [6, 6.07) is 8.90. The molecule has 3 heterocycles. The Kier molecular flexibility index (Phi) is 4.77. The number of urea groups is 1. The predicted molar refractivity (Wildman–Crippen MR) is 110 cm³/mol. The van der Waals surface area contributed by atoms with Gasteiger partial charge in [0.05, 0.1) is 23.4 Å². The molecule has 1 aliphatic rings. The van der Waals surface area contributed by atoms with Crippen LogP contribution in [-0.2, 0) is 13.5 Å². The molecule has 2 aromatic heterocycles. The molecule has 2 amide bonds. The van der Waals surface area contributed by atoms with Crippen molar-refractivity contribution in [3.8, 4) is 5.75 Å². The number of nitrogens with one attached hydrogen (secondary N) is 2. The summed E-state index contributed by atoms with van der Waals surface area (Å²) in [6.07, 6.45) is 4.14. The third-order valence-corrected chi connectivity index (χ3v) is 4.87. The summed E-state index contributed by atoms with van der Waals surface area (Å²) < 4.78 is 7.80. The summed E-state index contributed by atoms with van der Waals surface area (Å²) in [4.78, 5) is 22.8. The fraction of sp³-hybridized carbons (Fsp3) is 0.381. The Morgan fingerprint density at radius 2 is 2.07 bits per heavy atom. The molecule has 0 radical (unpaired) electrons. The second-order valence-corrected chi connectivity index (χ2v) is 8.13. The van der Waals surface area contributed by atoms with Gasteiger partial charge in [0.2, 0.25) is 0 Å². The number of benzene rings is 1. The highest BCUT2D eigenvalue weighted by Crippen LogP contribution is 2.34. The van der Waals surface area contributed by atoms with Crippen molar-refractivity contribution in [2.45, 2.75) is 38.8 Å². The van der Waals surface area contributed by atoms with Crippen molar-refractivity contribution in [1.82, 2.24) is 24.6 Å². The van der Waals surface area contributed by atoms with E-state index in [1.165, 1.54) is 0 Å². The van der Waals surface area contributed by atoms with Gasteiger partial charge in [-0.3, -0.25) is 4.68 Å². The Balaban J connectivity index is 1.64. The molecular weight excluding hydrogens is 368 g/mol. The van der Waals surface area contributed by atoms with E-state index in [-0.39, 0.29) is 17.7 Å². The van der Waals surface area contributed by atoms with Crippen molar-refractivity contribution >= 4 is 11.7 Å². The average Bonchev–Trinajstić information content (AvgIpc) is 3.30. The fourth-order valence-electron chi connectivity index (χ4n) is 3.62. The van der Waals surface area contributed by atoms with Gasteiger partial charge in [0.1, 0.15) is 17.4 Å². The number of carbonyl (C=O) groups is 1. The van der Waals surface area contributed by atoms with Crippen molar-refractivity contribution in [3.05, 3.63) is 59.9 Å². The number of H-pyrrole nitrogens is 1. The molecule has 2 N–H and O–H groups in total. The minimum absolute atomic E-state index is 0.199. The molecule has 1 aromatic carbocycles. The van der Waals surface area contributed by atoms with Crippen molar-refractivity contribution in [2.75, 3.05) is 11.9 Å². The zero-order valence-electron chi connectivity index (χ0n) is 17.1. The summed E-state index contributed by atoms with van der Waals surface area (Å²) in [6.45, 7) is 6.51. The number of hydrogen-bond acceptors (Lipinski definition) is 4. The van der Waals surface area contributed by atoms with E-state index in [2.05, 4.69) is 20.4 Å². The van der Waals surface area contributed by atoms with Gasteiger partial charge in [0.25, 0.3) is 0 Å². The van der Waals surface area contributed by atoms with Gasteiger partial charge < -0.3 is 19.9 Å². The van der Waals surface area contributed by atoms with Crippen molar-refractivity contribution in [1.29, 1.82) is 0 Å². The number of fused-ring (bicyclic) bond motifs is 1. The van der Waals surface area contributed by atoms with E-state index in [1.807, 2.05) is 58.2 Å². The molecule has 4 rings (SSSR count). The maximum absolute atomic E-state index is 13.3. The minimum atomic E-state index is -0.368. The third-order valence-electron chi connectivity index (χ3n) is 4.87. The number of carbonyl (C=O) groups excluding carboxylic acids is 1. The zero-order valence-corrected chi connectivity index (χ0v) is 17.1. The quantitative estimate of drug-likeness (QED) is 0.712. The molecule has 29 heavy (non-hydrogen) atoms. The molecule has 0 saturated heterocycles. The van der Waals surface area contributed by atoms with Gasteiger partial charge in [-0.05, 0) is 39.0 Å². The molecule has 1 aliphatic heterocycles. The molecule has 152 valence electrons. The van der Waals surface area contributed by atoms with Crippen LogP contribution >= 0.6 is 0 Å². The van der Waals surface area contributed by atoms with Crippen LogP contribution in [0, 0.1) is 0 Å². The van der Waals surface area contributed by atoms with Gasteiger partial charge in [-0.1, -0.05) is 12.1 Å². The highest BCUT2D eigenvalue weighted by Gasteiger charge is 2.36. The number of aromatic amines is 1. The Morgan fingerprint density at radius 3 is 2.79 bits per heavy atom. The van der Waals surface area contributed by atoms with Gasteiger partial charge in [-0.15, -0.1) is 0 Å². The molecule has 1 atom stereocenters. The number of ether oxygens (including phenoxy) is 1. The summed E-state index contributed by atoms with van der Waals surface area (Å²) in [7, 11) is 1.87. The molecule has 1 unspecified atom stereocenters. The number of imidazole rings is 1. The minimum Gasteiger partial charge on any atom is -0.486 e. The fourth-order valence-corrected chi connectivity index (χ4v) is 3.62. The van der Waals surface area contributed by atoms with Crippen LogP contribution in [-0.4, -0.2) is 42.8 Å². The van der Waals surface area contributed by atoms with Crippen molar-refractivity contribution < 1.29 is 9.53 Å². The lowest BCUT2D eigenvalue weighted by Gasteiger charge is -2.35. The van der Waals surface area contributed by atoms with Gasteiger partial charge >= 0.3 is 6.03 Å². The average molecular weight is 394 g/mol. The van der Waals surface area contributed by atoms with E-state index in [9.17, 15) is 4.79 Å². The lowest BCUT2D eigenvalue weighted by Crippen LogP contribution is -2.43. The Morgan fingerprint density at radius 1 is 1.28 bits per heavy atom. The second kappa shape index (κ2) is 7.27. The first kappa shape index (κ1) is 19.0. The lowest BCUT2D eigenvalue weighted by molar-refractivity contribution is 0.131. The van der Waals surface area contributed by atoms with E-state index >= 15 is 0 Å². The van der Waals surface area contributed by atoms with Crippen LogP contribution in [0.25, 0.3) is 0 Å². The number of aryl methyl sites for hydroxylation is 1. The first-order chi connectivity index (χ1) is 13.8. The van der Waals surface area contributed by atoms with Gasteiger partial charge in [0.15, 0.2) is 0 Å². The maximum Gasteiger partial charge on any atom is 0.322 e. The normalized spacial score (nSPS) is 16.4. The Hall–Kier alpha value is -3.29. The predicted octanol–water partition coefficient (Wildman–Crippen LogP) is 3.50. The van der Waals surface area contributed by atoms with E-state index in [0.717, 1.165) is 23.5 Å². The van der Waals surface area contributed by atoms with Crippen LogP contribution in [0.5, 0.6) is 5.75 Å². The highest BCUT2D eigenvalue weighted by molar-refractivity contribution is 5.91. The standard InChI is InChI=1S/C21H26N6O2/c1-21(2,3)29-17-8-6-5-7-14(17)25-20(28)27-12-10-15-18(23-13-22-15)19(27)16-9-11-24-26(16)4/h5-9,11,13,19H,10,12H2,1-4H3,(H,22,23)(H,25,28). The van der Waals surface area contributed by atoms with E-state index in [0.29, 0.717) is 18.0 Å². The van der Waals surface area contributed by atoms with E-state index < -0.39 is 0 Å². The van der Waals surface area contributed by atoms with Gasteiger partial charge in [-0.2, -0.15) is 5.10 Å². The first-order valence-corrected chi connectivity index (χ1v) is 9.69. The lowest BCUT2D eigenvalue weighted by atomic mass is 10.00. The SMILES string of the molecule is Cn1nccc1C1c2nc[nH]c2CCN1C(=O)Nc1ccccc1OC(C)(C)C. The second-order valence-electron chi connectivity index (χ2n) is 8.13. The highest BCUT2D eigenvalue weighted by atomic mass is 16.5. The number of aromatic nitrogens is 4. The number of para-hydroxylation sites is 2. The van der Waals surface area contributed by atoms with Gasteiger partial charge in [0, 0.05) is 31.9 Å². The molecule has 0 fully saturated rings. The van der Waals surface area contributed by atoms with E-state index in [4.69, 9.17) is 4.74 Å². The van der Waals surface area contributed by atoms with Crippen LogP contribution in [0.1, 0.15) is 43.9 Å². The number of amides is 2. The van der Waals surface area contributed by atoms with Gasteiger partial charge in [-0.25, -0.2) is 9.78 Å². The van der Waals surface area contributed by atoms with Crippen LogP contribution in [0.2, 0.25) is 0 Å². The van der Waals surface area contributed by atoms with E-state index in [1.54, 1.807) is 22.1 Å². The Labute approximate surface area is 169 Å². The first-order valence-electron chi connectivity index (χ1n) is 9.69. The molecule has 8 heteroatoms. The smallest absolute Gasteiger partial charge is 0.322 e. The topological polar surface area (TPSA) is 88.1 Å². The van der Waals surface area contributed by atoms with Crippen molar-refractivity contribution in [3.63, 3.8) is 0 Å². The summed E-state index contributed by atoms with van der Waals surface area (Å²) in [5.74, 6) is 0.642. The van der Waals surface area contributed by atoms with Crippen LogP contribution < -0.4 is 10.1 Å². The largest absolute Gasteiger partial charge is 0.486 e. The molecule has 0 saturated carbocycles. The molecule has 3 aromatic rings. The number of nitrogens with zero attached hydrogens (tertiary/aromatic N) is 4. The Bertz CT molecular complexity index is 1020. The number of anilines is 1. The molecule has 8 nitrogen and oxygen atoms in total. The maximum atomic E-state index is 13.3. The zero-order chi connectivity index (χ0) is 20.6.